The van der Waals surface area contributed by atoms with Gasteiger partial charge in [-0.1, -0.05) is 167 Å². The van der Waals surface area contributed by atoms with E-state index in [2.05, 4.69) is 248 Å². The van der Waals surface area contributed by atoms with Gasteiger partial charge in [0.25, 0.3) is 0 Å². The standard InChI is InChI=1S/C59H62N4O/c1-56(2,3)42-29-30-60-54(34-42)63-51-28-19-18-27-49(51)55-50(59(10,11)41-23-16-13-17-24-41)36-48(37-52(55)63)64-47-26-20-25-45(35-47)62-39-61(38-53(62)40-21-14-12-15-22-40)46-32-43(57(4,5)6)31-44(33-46)58(7,8)9/h12-38H,39H2,1-11H3. The summed E-state index contributed by atoms with van der Waals surface area (Å²) in [5.41, 5.74) is 12.7. The highest BCUT2D eigenvalue weighted by Crippen LogP contribution is 2.45. The fraction of sp³-hybridized carbons (Fsp3) is 0.271. The van der Waals surface area contributed by atoms with Crippen LogP contribution < -0.4 is 14.5 Å². The molecule has 0 fully saturated rings. The molecule has 0 unspecified atom stereocenters. The Hall–Kier alpha value is -6.59. The quantitative estimate of drug-likeness (QED) is 0.153. The minimum atomic E-state index is -0.359. The van der Waals surface area contributed by atoms with Crippen molar-refractivity contribution in [3.05, 3.63) is 197 Å². The van der Waals surface area contributed by atoms with Crippen molar-refractivity contribution in [1.82, 2.24) is 9.55 Å². The Bertz CT molecular complexity index is 2990. The molecule has 0 radical (unpaired) electrons. The van der Waals surface area contributed by atoms with Crippen LogP contribution in [-0.2, 0) is 21.7 Å². The molecule has 0 amide bonds. The number of fused-ring (bicyclic) bond motifs is 3. The summed E-state index contributed by atoms with van der Waals surface area (Å²) in [4.78, 5) is 9.82. The van der Waals surface area contributed by atoms with E-state index in [9.17, 15) is 0 Å². The van der Waals surface area contributed by atoms with Gasteiger partial charge < -0.3 is 14.5 Å². The largest absolute Gasteiger partial charge is 0.457 e. The van der Waals surface area contributed by atoms with Crippen LogP contribution in [0.3, 0.4) is 0 Å². The minimum Gasteiger partial charge on any atom is -0.457 e. The van der Waals surface area contributed by atoms with Gasteiger partial charge in [-0.25, -0.2) is 4.98 Å². The van der Waals surface area contributed by atoms with Gasteiger partial charge in [0.2, 0.25) is 0 Å². The summed E-state index contributed by atoms with van der Waals surface area (Å²) < 4.78 is 9.41. The summed E-state index contributed by atoms with van der Waals surface area (Å²) in [5, 5.41) is 2.39. The van der Waals surface area contributed by atoms with Gasteiger partial charge in [-0.2, -0.15) is 0 Å². The summed E-state index contributed by atoms with van der Waals surface area (Å²) in [6.45, 7) is 25.9. The van der Waals surface area contributed by atoms with Crippen LogP contribution in [0, 0.1) is 0 Å². The van der Waals surface area contributed by atoms with E-state index in [0.717, 1.165) is 45.3 Å². The number of hydrogen-bond donors (Lipinski definition) is 0. The fourth-order valence-corrected chi connectivity index (χ4v) is 9.08. The Labute approximate surface area is 380 Å². The predicted molar refractivity (Wildman–Crippen MR) is 270 cm³/mol. The number of benzene rings is 6. The van der Waals surface area contributed by atoms with Crippen molar-refractivity contribution in [2.24, 2.45) is 0 Å². The lowest BCUT2D eigenvalue weighted by atomic mass is 9.76. The highest BCUT2D eigenvalue weighted by atomic mass is 16.5. The average Bonchev–Trinajstić information content (AvgIpc) is 3.86. The van der Waals surface area contributed by atoms with E-state index in [0.29, 0.717) is 6.67 Å². The van der Waals surface area contributed by atoms with Crippen LogP contribution in [0.25, 0.3) is 33.3 Å². The molecule has 5 nitrogen and oxygen atoms in total. The van der Waals surface area contributed by atoms with Gasteiger partial charge in [-0.05, 0) is 98.2 Å². The molecular weight excluding hydrogens is 781 g/mol. The van der Waals surface area contributed by atoms with Gasteiger partial charge in [0.15, 0.2) is 0 Å². The molecule has 8 aromatic rings. The first-order valence-corrected chi connectivity index (χ1v) is 22.7. The van der Waals surface area contributed by atoms with Gasteiger partial charge in [0, 0.05) is 52.1 Å². The third kappa shape index (κ3) is 8.09. The van der Waals surface area contributed by atoms with Gasteiger partial charge in [-0.15, -0.1) is 0 Å². The molecule has 0 bridgehead atoms. The molecule has 324 valence electrons. The Morgan fingerprint density at radius 1 is 0.500 bits per heavy atom. The monoisotopic (exact) mass is 842 g/mol. The fourth-order valence-electron chi connectivity index (χ4n) is 9.08. The predicted octanol–water partition coefficient (Wildman–Crippen LogP) is 15.5. The Morgan fingerprint density at radius 2 is 1.14 bits per heavy atom. The number of anilines is 2. The van der Waals surface area contributed by atoms with Crippen LogP contribution in [-0.4, -0.2) is 16.2 Å². The number of aromatic nitrogens is 2. The van der Waals surface area contributed by atoms with Gasteiger partial charge in [0.1, 0.15) is 17.3 Å². The number of para-hydroxylation sites is 1. The van der Waals surface area contributed by atoms with E-state index >= 15 is 0 Å². The van der Waals surface area contributed by atoms with Crippen molar-refractivity contribution in [3.8, 4) is 17.3 Å². The molecule has 3 heterocycles. The van der Waals surface area contributed by atoms with Crippen LogP contribution in [0.2, 0.25) is 0 Å². The average molecular weight is 843 g/mol. The third-order valence-corrected chi connectivity index (χ3v) is 13.0. The molecule has 0 saturated carbocycles. The van der Waals surface area contributed by atoms with Crippen molar-refractivity contribution in [2.45, 2.75) is 97.8 Å². The van der Waals surface area contributed by atoms with Crippen molar-refractivity contribution < 1.29 is 4.74 Å². The van der Waals surface area contributed by atoms with Gasteiger partial charge in [0.05, 0.1) is 23.4 Å². The summed E-state index contributed by atoms with van der Waals surface area (Å²) in [6, 6.07) is 54.8. The number of rotatable bonds is 8. The minimum absolute atomic E-state index is 0.00753. The molecule has 6 aromatic carbocycles. The van der Waals surface area contributed by atoms with Crippen LogP contribution in [0.1, 0.15) is 110 Å². The van der Waals surface area contributed by atoms with Crippen LogP contribution in [0.15, 0.2) is 164 Å². The second-order valence-corrected chi connectivity index (χ2v) is 21.1. The van der Waals surface area contributed by atoms with Crippen molar-refractivity contribution >= 4 is 38.9 Å². The maximum absolute atomic E-state index is 7.09. The Balaban J connectivity index is 1.17. The summed E-state index contributed by atoms with van der Waals surface area (Å²) >= 11 is 0. The third-order valence-electron chi connectivity index (χ3n) is 13.0. The molecule has 0 N–H and O–H groups in total. The lowest BCUT2D eigenvalue weighted by Crippen LogP contribution is -2.27. The molecule has 9 rings (SSSR count). The molecule has 5 heteroatoms. The van der Waals surface area contributed by atoms with Gasteiger partial charge >= 0.3 is 0 Å². The zero-order valence-electron chi connectivity index (χ0n) is 39.5. The molecular formula is C59H62N4O. The Kier molecular flexibility index (Phi) is 10.6. The first kappa shape index (κ1) is 42.7. The number of nitrogens with zero attached hydrogens (tertiary/aromatic N) is 4. The molecule has 0 saturated heterocycles. The van der Waals surface area contributed by atoms with E-state index in [4.69, 9.17) is 9.72 Å². The van der Waals surface area contributed by atoms with Crippen LogP contribution in [0.5, 0.6) is 11.5 Å². The summed E-state index contributed by atoms with van der Waals surface area (Å²) in [5.74, 6) is 2.43. The van der Waals surface area contributed by atoms with E-state index in [1.54, 1.807) is 0 Å². The highest BCUT2D eigenvalue weighted by molar-refractivity contribution is 6.11. The maximum atomic E-state index is 7.09. The van der Waals surface area contributed by atoms with Crippen molar-refractivity contribution in [3.63, 3.8) is 0 Å². The van der Waals surface area contributed by atoms with Crippen LogP contribution >= 0.6 is 0 Å². The second-order valence-electron chi connectivity index (χ2n) is 21.1. The van der Waals surface area contributed by atoms with E-state index in [1.165, 1.54) is 44.3 Å². The lowest BCUT2D eigenvalue weighted by molar-refractivity contribution is 0.481. The zero-order chi connectivity index (χ0) is 45.2. The van der Waals surface area contributed by atoms with Crippen LogP contribution in [0.4, 0.5) is 11.4 Å². The molecule has 0 spiro atoms. The number of ether oxygens (including phenoxy) is 1. The topological polar surface area (TPSA) is 33.5 Å². The van der Waals surface area contributed by atoms with E-state index in [-0.39, 0.29) is 21.7 Å². The molecule has 64 heavy (non-hydrogen) atoms. The van der Waals surface area contributed by atoms with E-state index < -0.39 is 0 Å². The molecule has 1 aliphatic rings. The van der Waals surface area contributed by atoms with Crippen molar-refractivity contribution in [1.29, 1.82) is 0 Å². The first-order valence-electron chi connectivity index (χ1n) is 22.7. The highest BCUT2D eigenvalue weighted by Gasteiger charge is 2.31. The zero-order valence-corrected chi connectivity index (χ0v) is 39.5. The smallest absolute Gasteiger partial charge is 0.137 e. The van der Waals surface area contributed by atoms with E-state index in [1.807, 2.05) is 6.20 Å². The lowest BCUT2D eigenvalue weighted by Gasteiger charge is -2.29. The Morgan fingerprint density at radius 3 is 1.81 bits per heavy atom. The SMILES string of the molecule is CC(C)(C)c1cc(N2C=C(c3ccccc3)N(c3cccc(Oc4cc(C(C)(C)c5ccccc5)c5c6ccccc6n(-c6cc(C(C)(C)C)ccn6)c5c4)c3)C2)cc(C(C)(C)C)c1. The maximum Gasteiger partial charge on any atom is 0.137 e. The second kappa shape index (κ2) is 15.9. The molecule has 1 aliphatic heterocycles. The van der Waals surface area contributed by atoms with Gasteiger partial charge in [-0.3, -0.25) is 4.57 Å². The summed E-state index contributed by atoms with van der Waals surface area (Å²) in [7, 11) is 0. The van der Waals surface area contributed by atoms with Crippen molar-refractivity contribution in [2.75, 3.05) is 16.5 Å². The molecule has 2 aromatic heterocycles. The normalized spacial score (nSPS) is 13.8. The first-order chi connectivity index (χ1) is 30.4. The number of hydrogen-bond acceptors (Lipinski definition) is 4. The summed E-state index contributed by atoms with van der Waals surface area (Å²) in [6.07, 6.45) is 4.25. The number of pyridine rings is 1. The molecule has 0 atom stereocenters. The molecule has 0 aliphatic carbocycles.